The van der Waals surface area contributed by atoms with E-state index in [4.69, 9.17) is 0 Å². The number of aromatic amines is 1. The number of nitrogens with zero attached hydrogens (tertiary/aromatic N) is 3. The second-order valence-corrected chi connectivity index (χ2v) is 6.43. The van der Waals surface area contributed by atoms with Crippen LogP contribution in [-0.4, -0.2) is 32.8 Å². The van der Waals surface area contributed by atoms with Gasteiger partial charge >= 0.3 is 0 Å². The van der Waals surface area contributed by atoms with E-state index in [0.29, 0.717) is 18.3 Å². The van der Waals surface area contributed by atoms with Crippen LogP contribution in [0.5, 0.6) is 0 Å². The topological polar surface area (TPSA) is 79.0 Å². The van der Waals surface area contributed by atoms with E-state index in [2.05, 4.69) is 15.0 Å². The molecule has 126 valence electrons. The lowest BCUT2D eigenvalue weighted by molar-refractivity contribution is 0.0783. The number of amides is 1. The molecule has 4 rings (SSSR count). The van der Waals surface area contributed by atoms with Crippen molar-refractivity contribution in [2.45, 2.75) is 25.3 Å². The maximum absolute atomic E-state index is 12.7. The Morgan fingerprint density at radius 3 is 2.84 bits per heavy atom. The second-order valence-electron chi connectivity index (χ2n) is 6.43. The van der Waals surface area contributed by atoms with Gasteiger partial charge in [-0.25, -0.2) is 4.98 Å². The van der Waals surface area contributed by atoms with Crippen molar-refractivity contribution >= 4 is 16.8 Å². The summed E-state index contributed by atoms with van der Waals surface area (Å²) in [5, 5.41) is 1.00. The Bertz CT molecular complexity index is 1000. The minimum Gasteiger partial charge on any atom is -0.337 e. The van der Waals surface area contributed by atoms with E-state index < -0.39 is 0 Å². The summed E-state index contributed by atoms with van der Waals surface area (Å²) in [6.07, 6.45) is 5.24. The van der Waals surface area contributed by atoms with Gasteiger partial charge in [-0.1, -0.05) is 18.2 Å². The standard InChI is InChI=1S/C19H18N4O2/c1-23(11-13-4-2-6-16-14(13)5-3-9-20-16)19(25)15-10-21-17(12-7-8-12)22-18(15)24/h2-6,9-10,12H,7-8,11H2,1H3,(H,21,22,24). The van der Waals surface area contributed by atoms with Gasteiger partial charge in [0.2, 0.25) is 0 Å². The van der Waals surface area contributed by atoms with Crippen molar-refractivity contribution in [3.8, 4) is 0 Å². The highest BCUT2D eigenvalue weighted by Crippen LogP contribution is 2.37. The van der Waals surface area contributed by atoms with Gasteiger partial charge in [-0.15, -0.1) is 0 Å². The Morgan fingerprint density at radius 1 is 1.24 bits per heavy atom. The van der Waals surface area contributed by atoms with Crippen LogP contribution in [0.3, 0.4) is 0 Å². The third kappa shape index (κ3) is 3.03. The van der Waals surface area contributed by atoms with Crippen LogP contribution in [-0.2, 0) is 6.54 Å². The molecule has 1 aliphatic rings. The summed E-state index contributed by atoms with van der Waals surface area (Å²) in [6, 6.07) is 9.67. The number of fused-ring (bicyclic) bond motifs is 1. The molecule has 1 amide bonds. The van der Waals surface area contributed by atoms with E-state index in [1.54, 1.807) is 13.2 Å². The zero-order valence-corrected chi connectivity index (χ0v) is 13.9. The predicted octanol–water partition coefficient (Wildman–Crippen LogP) is 2.47. The van der Waals surface area contributed by atoms with Crippen LogP contribution in [0.25, 0.3) is 10.9 Å². The van der Waals surface area contributed by atoms with Gasteiger partial charge in [0, 0.05) is 37.3 Å². The van der Waals surface area contributed by atoms with Crippen molar-refractivity contribution in [2.75, 3.05) is 7.05 Å². The smallest absolute Gasteiger partial charge is 0.263 e. The minimum atomic E-state index is -0.367. The zero-order valence-electron chi connectivity index (χ0n) is 13.9. The molecule has 1 aromatic carbocycles. The first-order chi connectivity index (χ1) is 12.1. The number of carbonyl (C=O) groups is 1. The summed E-state index contributed by atoms with van der Waals surface area (Å²) >= 11 is 0. The lowest BCUT2D eigenvalue weighted by atomic mass is 10.1. The van der Waals surface area contributed by atoms with Crippen molar-refractivity contribution in [2.24, 2.45) is 0 Å². The van der Waals surface area contributed by atoms with Crippen LogP contribution in [0, 0.1) is 0 Å². The van der Waals surface area contributed by atoms with Gasteiger partial charge in [0.05, 0.1) is 5.52 Å². The average molecular weight is 334 g/mol. The summed E-state index contributed by atoms with van der Waals surface area (Å²) in [6.45, 7) is 0.395. The first-order valence-corrected chi connectivity index (χ1v) is 8.31. The maximum Gasteiger partial charge on any atom is 0.263 e. The van der Waals surface area contributed by atoms with E-state index in [1.165, 1.54) is 11.1 Å². The van der Waals surface area contributed by atoms with Gasteiger partial charge < -0.3 is 9.88 Å². The zero-order chi connectivity index (χ0) is 17.4. The van der Waals surface area contributed by atoms with Crippen molar-refractivity contribution in [1.82, 2.24) is 19.9 Å². The van der Waals surface area contributed by atoms with E-state index in [0.717, 1.165) is 29.3 Å². The van der Waals surface area contributed by atoms with E-state index >= 15 is 0 Å². The van der Waals surface area contributed by atoms with Gasteiger partial charge in [-0.05, 0) is 30.5 Å². The molecular weight excluding hydrogens is 316 g/mol. The van der Waals surface area contributed by atoms with Crippen molar-refractivity contribution < 1.29 is 4.79 Å². The number of aromatic nitrogens is 3. The molecule has 3 aromatic rings. The lowest BCUT2D eigenvalue weighted by Gasteiger charge is -2.18. The number of carbonyl (C=O) groups excluding carboxylic acids is 1. The summed E-state index contributed by atoms with van der Waals surface area (Å²) in [7, 11) is 1.69. The summed E-state index contributed by atoms with van der Waals surface area (Å²) < 4.78 is 0. The summed E-state index contributed by atoms with van der Waals surface area (Å²) in [5.74, 6) is 0.694. The van der Waals surface area contributed by atoms with Crippen LogP contribution >= 0.6 is 0 Å². The second kappa shape index (κ2) is 6.12. The third-order valence-electron chi connectivity index (χ3n) is 4.50. The minimum absolute atomic E-state index is 0.0743. The van der Waals surface area contributed by atoms with Crippen LogP contribution < -0.4 is 5.56 Å². The Balaban J connectivity index is 1.59. The molecule has 0 bridgehead atoms. The SMILES string of the molecule is CN(Cc1cccc2ncccc12)C(=O)c1cnc(C2CC2)[nH]c1=O. The fraction of sp³-hybridized carbons (Fsp3) is 0.263. The molecule has 0 spiro atoms. The molecule has 1 saturated carbocycles. The highest BCUT2D eigenvalue weighted by Gasteiger charge is 2.27. The molecule has 25 heavy (non-hydrogen) atoms. The van der Waals surface area contributed by atoms with E-state index in [-0.39, 0.29) is 17.0 Å². The van der Waals surface area contributed by atoms with Gasteiger partial charge in [-0.2, -0.15) is 0 Å². The van der Waals surface area contributed by atoms with Crippen molar-refractivity contribution in [1.29, 1.82) is 0 Å². The first-order valence-electron chi connectivity index (χ1n) is 8.31. The first kappa shape index (κ1) is 15.5. The fourth-order valence-corrected chi connectivity index (χ4v) is 2.96. The number of hydrogen-bond acceptors (Lipinski definition) is 4. The fourth-order valence-electron chi connectivity index (χ4n) is 2.96. The number of hydrogen-bond donors (Lipinski definition) is 1. The third-order valence-corrected chi connectivity index (χ3v) is 4.50. The Morgan fingerprint density at radius 2 is 2.08 bits per heavy atom. The van der Waals surface area contributed by atoms with Gasteiger partial charge in [0.25, 0.3) is 11.5 Å². The number of benzene rings is 1. The monoisotopic (exact) mass is 334 g/mol. The summed E-state index contributed by atoms with van der Waals surface area (Å²) in [4.78, 5) is 37.7. The van der Waals surface area contributed by atoms with Gasteiger partial charge in [0.15, 0.2) is 0 Å². The van der Waals surface area contributed by atoms with Gasteiger partial charge in [0.1, 0.15) is 11.4 Å². The van der Waals surface area contributed by atoms with Crippen LogP contribution in [0.15, 0.2) is 47.5 Å². The number of pyridine rings is 1. The highest BCUT2D eigenvalue weighted by molar-refractivity contribution is 5.93. The molecule has 0 atom stereocenters. The van der Waals surface area contributed by atoms with E-state index in [1.807, 2.05) is 30.3 Å². The molecule has 0 aliphatic heterocycles. The molecule has 0 saturated heterocycles. The average Bonchev–Trinajstić information content (AvgIpc) is 3.46. The highest BCUT2D eigenvalue weighted by atomic mass is 16.2. The maximum atomic E-state index is 12.7. The lowest BCUT2D eigenvalue weighted by Crippen LogP contribution is -2.32. The largest absolute Gasteiger partial charge is 0.337 e. The molecule has 6 heteroatoms. The number of H-pyrrole nitrogens is 1. The molecule has 1 fully saturated rings. The molecule has 0 radical (unpaired) electrons. The molecule has 2 aromatic heterocycles. The molecule has 1 aliphatic carbocycles. The van der Waals surface area contributed by atoms with Crippen molar-refractivity contribution in [3.05, 3.63) is 70.0 Å². The van der Waals surface area contributed by atoms with Gasteiger partial charge in [-0.3, -0.25) is 14.6 Å². The molecule has 2 heterocycles. The number of nitrogens with one attached hydrogen (secondary N) is 1. The van der Waals surface area contributed by atoms with E-state index in [9.17, 15) is 9.59 Å². The van der Waals surface area contributed by atoms with Crippen LogP contribution in [0.1, 0.15) is 40.5 Å². The summed E-state index contributed by atoms with van der Waals surface area (Å²) in [5.41, 5.74) is 1.58. The Kier molecular flexibility index (Phi) is 3.80. The molecule has 0 unspecified atom stereocenters. The quantitative estimate of drug-likeness (QED) is 0.795. The molecule has 6 nitrogen and oxygen atoms in total. The Hall–Kier alpha value is -3.02. The normalized spacial score (nSPS) is 13.8. The number of rotatable bonds is 4. The predicted molar refractivity (Wildman–Crippen MR) is 94.4 cm³/mol. The van der Waals surface area contributed by atoms with Crippen LogP contribution in [0.2, 0.25) is 0 Å². The van der Waals surface area contributed by atoms with Crippen LogP contribution in [0.4, 0.5) is 0 Å². The van der Waals surface area contributed by atoms with Crippen molar-refractivity contribution in [3.63, 3.8) is 0 Å². The molecular formula is C19H18N4O2. The Labute approximate surface area is 144 Å². The molecule has 1 N–H and O–H groups in total.